The van der Waals surface area contributed by atoms with E-state index in [2.05, 4.69) is 18.7 Å². The first kappa shape index (κ1) is 14.5. The van der Waals surface area contributed by atoms with Crippen LogP contribution in [0, 0.1) is 5.92 Å². The van der Waals surface area contributed by atoms with Gasteiger partial charge in [0.25, 0.3) is 5.24 Å². The third-order valence-electron chi connectivity index (χ3n) is 4.21. The predicted molar refractivity (Wildman–Crippen MR) is 72.9 cm³/mol. The molecular weight excluding hydrogens is 266 g/mol. The lowest BCUT2D eigenvalue weighted by molar-refractivity contribution is -0.151. The largest absolute Gasteiger partial charge is 0.458 e. The zero-order chi connectivity index (χ0) is 14.0. The second-order valence-corrected chi connectivity index (χ2v) is 5.49. The summed E-state index contributed by atoms with van der Waals surface area (Å²) in [6.45, 7) is 6.31. The van der Waals surface area contributed by atoms with Crippen LogP contribution >= 0.6 is 11.6 Å². The smallest absolute Gasteiger partial charge is 0.343 e. The van der Waals surface area contributed by atoms with Crippen LogP contribution in [0.1, 0.15) is 33.1 Å². The van der Waals surface area contributed by atoms with Crippen molar-refractivity contribution in [1.82, 2.24) is 4.90 Å². The quantitative estimate of drug-likeness (QED) is 0.451. The van der Waals surface area contributed by atoms with Gasteiger partial charge in [-0.05, 0) is 37.5 Å². The summed E-state index contributed by atoms with van der Waals surface area (Å²) in [4.78, 5) is 25.2. The van der Waals surface area contributed by atoms with E-state index in [1.54, 1.807) is 6.08 Å². The first-order valence-corrected chi connectivity index (χ1v) is 7.31. The number of ether oxygens (including phenoxy) is 1. The molecule has 0 aromatic carbocycles. The van der Waals surface area contributed by atoms with Gasteiger partial charge in [0.2, 0.25) is 0 Å². The SMILES string of the molecule is CCN(CC)C1CCC2C=C(C(=O)Cl)C(=O)OC2C1. The van der Waals surface area contributed by atoms with Crippen molar-refractivity contribution in [1.29, 1.82) is 0 Å². The molecule has 3 atom stereocenters. The van der Waals surface area contributed by atoms with Crippen LogP contribution in [0.3, 0.4) is 0 Å². The minimum atomic E-state index is -0.714. The molecule has 0 spiro atoms. The van der Waals surface area contributed by atoms with E-state index < -0.39 is 11.2 Å². The number of fused-ring (bicyclic) bond motifs is 1. The van der Waals surface area contributed by atoms with E-state index in [9.17, 15) is 9.59 Å². The highest BCUT2D eigenvalue weighted by Gasteiger charge is 2.39. The summed E-state index contributed by atoms with van der Waals surface area (Å²) in [5.41, 5.74) is 0.00389. The zero-order valence-electron chi connectivity index (χ0n) is 11.4. The number of halogens is 1. The molecule has 0 aromatic heterocycles. The molecule has 3 unspecified atom stereocenters. The monoisotopic (exact) mass is 285 g/mol. The summed E-state index contributed by atoms with van der Waals surface area (Å²) in [7, 11) is 0. The van der Waals surface area contributed by atoms with E-state index >= 15 is 0 Å². The number of nitrogens with zero attached hydrogens (tertiary/aromatic N) is 1. The van der Waals surface area contributed by atoms with Crippen molar-refractivity contribution in [2.45, 2.75) is 45.3 Å². The molecule has 1 saturated carbocycles. The highest BCUT2D eigenvalue weighted by atomic mass is 35.5. The van der Waals surface area contributed by atoms with Crippen LogP contribution in [-0.2, 0) is 14.3 Å². The first-order chi connectivity index (χ1) is 9.06. The number of hydrogen-bond donors (Lipinski definition) is 0. The average Bonchev–Trinajstić information content (AvgIpc) is 2.38. The summed E-state index contributed by atoms with van der Waals surface area (Å²) in [6.07, 6.45) is 4.46. The van der Waals surface area contributed by atoms with Crippen molar-refractivity contribution in [2.24, 2.45) is 5.92 Å². The first-order valence-electron chi connectivity index (χ1n) is 6.93. The minimum absolute atomic E-state index is 0.00389. The van der Waals surface area contributed by atoms with Crippen molar-refractivity contribution < 1.29 is 14.3 Å². The van der Waals surface area contributed by atoms with Crippen LogP contribution in [0.25, 0.3) is 0 Å². The van der Waals surface area contributed by atoms with Crippen molar-refractivity contribution in [3.05, 3.63) is 11.6 Å². The van der Waals surface area contributed by atoms with Gasteiger partial charge in [-0.25, -0.2) is 4.79 Å². The van der Waals surface area contributed by atoms with Crippen molar-refractivity contribution in [3.63, 3.8) is 0 Å². The molecule has 106 valence electrons. The third-order valence-corrected chi connectivity index (χ3v) is 4.42. The van der Waals surface area contributed by atoms with Gasteiger partial charge in [0.1, 0.15) is 11.7 Å². The van der Waals surface area contributed by atoms with E-state index in [0.29, 0.717) is 6.04 Å². The number of carbonyl (C=O) groups is 2. The predicted octanol–water partition coefficient (Wildman–Crippen LogP) is 2.11. The Morgan fingerprint density at radius 3 is 2.68 bits per heavy atom. The molecular formula is C14H20ClNO3. The van der Waals surface area contributed by atoms with Crippen LogP contribution in [0.5, 0.6) is 0 Å². The maximum Gasteiger partial charge on any atom is 0.343 e. The Labute approximate surface area is 118 Å². The topological polar surface area (TPSA) is 46.6 Å². The highest BCUT2D eigenvalue weighted by molar-refractivity contribution is 6.70. The molecule has 19 heavy (non-hydrogen) atoms. The number of esters is 1. The fourth-order valence-corrected chi connectivity index (χ4v) is 3.30. The zero-order valence-corrected chi connectivity index (χ0v) is 12.2. The lowest BCUT2D eigenvalue weighted by atomic mass is 9.80. The summed E-state index contributed by atoms with van der Waals surface area (Å²) in [6, 6.07) is 0.464. The average molecular weight is 286 g/mol. The molecule has 1 heterocycles. The van der Waals surface area contributed by atoms with E-state index in [1.165, 1.54) is 0 Å². The molecule has 0 saturated heterocycles. The molecule has 2 aliphatic rings. The Balaban J connectivity index is 2.09. The molecule has 5 heteroatoms. The number of carbonyl (C=O) groups excluding carboxylic acids is 2. The fraction of sp³-hybridized carbons (Fsp3) is 0.714. The summed E-state index contributed by atoms with van der Waals surface area (Å²) < 4.78 is 5.39. The Morgan fingerprint density at radius 2 is 2.11 bits per heavy atom. The molecule has 0 N–H and O–H groups in total. The van der Waals surface area contributed by atoms with Crippen LogP contribution < -0.4 is 0 Å². The summed E-state index contributed by atoms with van der Waals surface area (Å²) >= 11 is 5.39. The van der Waals surface area contributed by atoms with Gasteiger partial charge in [-0.2, -0.15) is 0 Å². The van der Waals surface area contributed by atoms with Gasteiger partial charge in [-0.3, -0.25) is 4.79 Å². The van der Waals surface area contributed by atoms with E-state index in [0.717, 1.165) is 32.4 Å². The molecule has 1 aliphatic heterocycles. The van der Waals surface area contributed by atoms with Gasteiger partial charge in [-0.15, -0.1) is 0 Å². The van der Waals surface area contributed by atoms with Crippen LogP contribution in [0.2, 0.25) is 0 Å². The molecule has 1 fully saturated rings. The van der Waals surface area contributed by atoms with E-state index in [-0.39, 0.29) is 17.6 Å². The maximum absolute atomic E-state index is 11.7. The molecule has 0 amide bonds. The van der Waals surface area contributed by atoms with E-state index in [4.69, 9.17) is 16.3 Å². The summed E-state index contributed by atoms with van der Waals surface area (Å²) in [5, 5.41) is -0.714. The lowest BCUT2D eigenvalue weighted by Crippen LogP contribution is -2.46. The van der Waals surface area contributed by atoms with Gasteiger partial charge in [0.05, 0.1) is 0 Å². The van der Waals surface area contributed by atoms with Gasteiger partial charge < -0.3 is 9.64 Å². The maximum atomic E-state index is 11.7. The number of rotatable bonds is 4. The number of hydrogen-bond acceptors (Lipinski definition) is 4. The standard InChI is InChI=1S/C14H20ClNO3/c1-3-16(4-2)10-6-5-9-7-11(13(15)17)14(18)19-12(9)8-10/h7,9-10,12H,3-6,8H2,1-2H3. The van der Waals surface area contributed by atoms with Crippen LogP contribution in [-0.4, -0.2) is 41.3 Å². The lowest BCUT2D eigenvalue weighted by Gasteiger charge is -2.41. The van der Waals surface area contributed by atoms with Crippen LogP contribution in [0.15, 0.2) is 11.6 Å². The Bertz CT molecular complexity index is 403. The Morgan fingerprint density at radius 1 is 1.42 bits per heavy atom. The van der Waals surface area contributed by atoms with Crippen molar-refractivity contribution in [3.8, 4) is 0 Å². The van der Waals surface area contributed by atoms with Gasteiger partial charge >= 0.3 is 5.97 Å². The molecule has 0 aromatic rings. The van der Waals surface area contributed by atoms with Gasteiger partial charge in [0, 0.05) is 18.4 Å². The second-order valence-electron chi connectivity index (χ2n) is 5.15. The van der Waals surface area contributed by atoms with Crippen molar-refractivity contribution in [2.75, 3.05) is 13.1 Å². The molecule has 4 nitrogen and oxygen atoms in total. The van der Waals surface area contributed by atoms with E-state index in [1.807, 2.05) is 0 Å². The molecule has 1 aliphatic carbocycles. The fourth-order valence-electron chi connectivity index (χ4n) is 3.16. The molecule has 0 radical (unpaired) electrons. The second kappa shape index (κ2) is 6.06. The van der Waals surface area contributed by atoms with Gasteiger partial charge in [-0.1, -0.05) is 19.9 Å². The Kier molecular flexibility index (Phi) is 4.63. The third kappa shape index (κ3) is 3.00. The molecule has 0 bridgehead atoms. The highest BCUT2D eigenvalue weighted by Crippen LogP contribution is 2.35. The Hall–Kier alpha value is -0.870. The van der Waals surface area contributed by atoms with Crippen LogP contribution in [0.4, 0.5) is 0 Å². The normalized spacial score (nSPS) is 30.6. The summed E-state index contributed by atoms with van der Waals surface area (Å²) in [5.74, 6) is -0.427. The van der Waals surface area contributed by atoms with Gasteiger partial charge in [0.15, 0.2) is 0 Å². The van der Waals surface area contributed by atoms with Crippen molar-refractivity contribution >= 4 is 22.8 Å². The molecule has 2 rings (SSSR count). The minimum Gasteiger partial charge on any atom is -0.458 e.